The van der Waals surface area contributed by atoms with E-state index in [2.05, 4.69) is 4.72 Å². The Bertz CT molecular complexity index is 1020. The van der Waals surface area contributed by atoms with E-state index in [-0.39, 0.29) is 16.8 Å². The lowest BCUT2D eigenvalue weighted by Gasteiger charge is -2.37. The first-order valence-corrected chi connectivity index (χ1v) is 11.8. The Morgan fingerprint density at radius 1 is 1.13 bits per heavy atom. The second kappa shape index (κ2) is 8.55. The monoisotopic (exact) mass is 430 g/mol. The standard InChI is InChI=1S/C22H26N2O5S/c1-2-28-18-7-9-19(10-8-18)30(26,27)23-16-6-11-21-20(15-16)22(25)24-13-4-3-5-17(24)12-14-29-21/h6-11,15,17,23H,2-5,12-14H2,1H3. The van der Waals surface area contributed by atoms with Gasteiger partial charge in [0.25, 0.3) is 15.9 Å². The Hall–Kier alpha value is -2.74. The van der Waals surface area contributed by atoms with Crippen molar-refractivity contribution in [1.82, 2.24) is 4.90 Å². The normalized spacial score (nSPS) is 19.0. The van der Waals surface area contributed by atoms with E-state index in [1.54, 1.807) is 30.3 Å². The van der Waals surface area contributed by atoms with E-state index in [1.807, 2.05) is 11.8 Å². The number of ether oxygens (including phenoxy) is 2. The van der Waals surface area contributed by atoms with Crippen molar-refractivity contribution in [3.05, 3.63) is 48.0 Å². The number of hydrogen-bond donors (Lipinski definition) is 1. The van der Waals surface area contributed by atoms with Gasteiger partial charge in [-0.05, 0) is 68.7 Å². The highest BCUT2D eigenvalue weighted by Gasteiger charge is 2.31. The van der Waals surface area contributed by atoms with Crippen LogP contribution in [0.5, 0.6) is 11.5 Å². The average molecular weight is 431 g/mol. The Balaban J connectivity index is 1.59. The number of sulfonamides is 1. The lowest BCUT2D eigenvalue weighted by atomic mass is 9.97. The minimum atomic E-state index is -3.80. The van der Waals surface area contributed by atoms with Crippen LogP contribution in [-0.4, -0.2) is 45.0 Å². The summed E-state index contributed by atoms with van der Waals surface area (Å²) < 4.78 is 39.3. The largest absolute Gasteiger partial charge is 0.494 e. The van der Waals surface area contributed by atoms with Gasteiger partial charge in [0.1, 0.15) is 11.5 Å². The average Bonchev–Trinajstić information content (AvgIpc) is 2.74. The number of anilines is 1. The van der Waals surface area contributed by atoms with E-state index in [0.717, 1.165) is 32.2 Å². The number of carbonyl (C=O) groups excluding carboxylic acids is 1. The predicted molar refractivity (Wildman–Crippen MR) is 114 cm³/mol. The number of nitrogens with zero attached hydrogens (tertiary/aromatic N) is 1. The zero-order valence-corrected chi connectivity index (χ0v) is 17.8. The molecule has 8 heteroatoms. The molecule has 1 atom stereocenters. The van der Waals surface area contributed by atoms with E-state index in [1.165, 1.54) is 12.1 Å². The lowest BCUT2D eigenvalue weighted by molar-refractivity contribution is 0.0548. The van der Waals surface area contributed by atoms with Gasteiger partial charge in [-0.15, -0.1) is 0 Å². The Labute approximate surface area is 177 Å². The second-order valence-electron chi connectivity index (χ2n) is 7.51. The van der Waals surface area contributed by atoms with Crippen LogP contribution in [0, 0.1) is 0 Å². The number of amides is 1. The molecule has 2 aromatic carbocycles. The molecule has 0 spiro atoms. The fraction of sp³-hybridized carbons (Fsp3) is 0.409. The summed E-state index contributed by atoms with van der Waals surface area (Å²) in [6.45, 7) is 3.64. The van der Waals surface area contributed by atoms with Crippen LogP contribution in [-0.2, 0) is 10.0 Å². The molecule has 160 valence electrons. The first-order valence-electron chi connectivity index (χ1n) is 10.3. The number of nitrogens with one attached hydrogen (secondary N) is 1. The van der Waals surface area contributed by atoms with Gasteiger partial charge in [0, 0.05) is 24.7 Å². The van der Waals surface area contributed by atoms with E-state index in [9.17, 15) is 13.2 Å². The van der Waals surface area contributed by atoms with Crippen LogP contribution in [0.3, 0.4) is 0 Å². The molecule has 1 N–H and O–H groups in total. The van der Waals surface area contributed by atoms with Gasteiger partial charge in [-0.25, -0.2) is 8.42 Å². The third kappa shape index (κ3) is 4.23. The van der Waals surface area contributed by atoms with Crippen molar-refractivity contribution in [3.8, 4) is 11.5 Å². The van der Waals surface area contributed by atoms with Gasteiger partial charge in [-0.1, -0.05) is 0 Å². The summed E-state index contributed by atoms with van der Waals surface area (Å²) in [5.41, 5.74) is 0.724. The Kier molecular flexibility index (Phi) is 5.85. The van der Waals surface area contributed by atoms with Crippen molar-refractivity contribution in [1.29, 1.82) is 0 Å². The third-order valence-corrected chi connectivity index (χ3v) is 6.90. The molecule has 0 radical (unpaired) electrons. The third-order valence-electron chi connectivity index (χ3n) is 5.50. The summed E-state index contributed by atoms with van der Waals surface area (Å²) in [5.74, 6) is 1.00. The second-order valence-corrected chi connectivity index (χ2v) is 9.19. The Morgan fingerprint density at radius 2 is 1.93 bits per heavy atom. The first-order chi connectivity index (χ1) is 14.5. The van der Waals surface area contributed by atoms with Crippen LogP contribution in [0.2, 0.25) is 0 Å². The summed E-state index contributed by atoms with van der Waals surface area (Å²) in [6, 6.07) is 11.3. The fourth-order valence-corrected chi connectivity index (χ4v) is 5.06. The quantitative estimate of drug-likeness (QED) is 0.782. The topological polar surface area (TPSA) is 84.9 Å². The van der Waals surface area contributed by atoms with Crippen molar-refractivity contribution < 1.29 is 22.7 Å². The molecule has 0 saturated carbocycles. The minimum absolute atomic E-state index is 0.100. The zero-order valence-electron chi connectivity index (χ0n) is 17.0. The molecular formula is C22H26N2O5S. The maximum absolute atomic E-state index is 13.2. The Morgan fingerprint density at radius 3 is 2.70 bits per heavy atom. The SMILES string of the molecule is CCOc1ccc(S(=O)(=O)Nc2ccc3c(c2)C(=O)N2CCCCC2CCO3)cc1. The fourth-order valence-electron chi connectivity index (χ4n) is 4.01. The van der Waals surface area contributed by atoms with Gasteiger partial charge in [-0.2, -0.15) is 0 Å². The summed E-state index contributed by atoms with van der Waals surface area (Å²) in [6.07, 6.45) is 3.90. The van der Waals surface area contributed by atoms with E-state index in [0.29, 0.717) is 36.0 Å². The molecule has 0 aliphatic carbocycles. The molecule has 1 fully saturated rings. The molecular weight excluding hydrogens is 404 g/mol. The summed E-state index contributed by atoms with van der Waals surface area (Å²) in [7, 11) is -3.80. The van der Waals surface area contributed by atoms with Crippen molar-refractivity contribution in [2.24, 2.45) is 0 Å². The maximum Gasteiger partial charge on any atom is 0.261 e. The zero-order chi connectivity index (χ0) is 21.1. The molecule has 0 bridgehead atoms. The van der Waals surface area contributed by atoms with Gasteiger partial charge in [0.2, 0.25) is 0 Å². The van der Waals surface area contributed by atoms with E-state index < -0.39 is 10.0 Å². The maximum atomic E-state index is 13.2. The van der Waals surface area contributed by atoms with Crippen molar-refractivity contribution >= 4 is 21.6 Å². The minimum Gasteiger partial charge on any atom is -0.494 e. The van der Waals surface area contributed by atoms with Crippen molar-refractivity contribution in [2.45, 2.75) is 43.5 Å². The van der Waals surface area contributed by atoms with Gasteiger partial charge in [-0.3, -0.25) is 9.52 Å². The van der Waals surface area contributed by atoms with Crippen LogP contribution in [0.4, 0.5) is 5.69 Å². The smallest absolute Gasteiger partial charge is 0.261 e. The number of benzene rings is 2. The molecule has 7 nitrogen and oxygen atoms in total. The molecule has 1 amide bonds. The number of fused-ring (bicyclic) bond motifs is 2. The van der Waals surface area contributed by atoms with E-state index in [4.69, 9.17) is 9.47 Å². The molecule has 2 aromatic rings. The van der Waals surface area contributed by atoms with Crippen LogP contribution in [0.15, 0.2) is 47.4 Å². The number of rotatable bonds is 5. The summed E-state index contributed by atoms with van der Waals surface area (Å²) >= 11 is 0. The van der Waals surface area contributed by atoms with Crippen LogP contribution >= 0.6 is 0 Å². The number of piperidine rings is 1. The van der Waals surface area contributed by atoms with Gasteiger partial charge >= 0.3 is 0 Å². The highest BCUT2D eigenvalue weighted by Crippen LogP contribution is 2.31. The predicted octanol–water partition coefficient (Wildman–Crippen LogP) is 3.66. The molecule has 30 heavy (non-hydrogen) atoms. The van der Waals surface area contributed by atoms with Crippen molar-refractivity contribution in [2.75, 3.05) is 24.5 Å². The highest BCUT2D eigenvalue weighted by molar-refractivity contribution is 7.92. The van der Waals surface area contributed by atoms with Crippen LogP contribution in [0.25, 0.3) is 0 Å². The van der Waals surface area contributed by atoms with E-state index >= 15 is 0 Å². The lowest BCUT2D eigenvalue weighted by Crippen LogP contribution is -2.45. The van der Waals surface area contributed by atoms with Crippen molar-refractivity contribution in [3.63, 3.8) is 0 Å². The molecule has 2 aliphatic rings. The molecule has 2 aliphatic heterocycles. The highest BCUT2D eigenvalue weighted by atomic mass is 32.2. The molecule has 1 unspecified atom stereocenters. The van der Waals surface area contributed by atoms with Crippen LogP contribution < -0.4 is 14.2 Å². The molecule has 4 rings (SSSR count). The van der Waals surface area contributed by atoms with Gasteiger partial charge < -0.3 is 14.4 Å². The molecule has 2 heterocycles. The number of carbonyl (C=O) groups is 1. The number of hydrogen-bond acceptors (Lipinski definition) is 5. The molecule has 0 aromatic heterocycles. The van der Waals surface area contributed by atoms with Crippen LogP contribution in [0.1, 0.15) is 43.0 Å². The van der Waals surface area contributed by atoms with Gasteiger partial charge in [0.15, 0.2) is 0 Å². The summed E-state index contributed by atoms with van der Waals surface area (Å²) in [5, 5.41) is 0. The van der Waals surface area contributed by atoms with Gasteiger partial charge in [0.05, 0.1) is 23.7 Å². The first kappa shape index (κ1) is 20.5. The molecule has 1 saturated heterocycles. The summed E-state index contributed by atoms with van der Waals surface area (Å²) in [4.78, 5) is 15.2.